The third-order valence-corrected chi connectivity index (χ3v) is 4.42. The monoisotopic (exact) mass is 378 g/mol. The Bertz CT molecular complexity index is 913. The van der Waals surface area contributed by atoms with Gasteiger partial charge < -0.3 is 25.0 Å². The number of nitrogens with zero attached hydrogens (tertiary/aromatic N) is 4. The molecule has 144 valence electrons. The Morgan fingerprint density at radius 1 is 1.00 bits per heavy atom. The summed E-state index contributed by atoms with van der Waals surface area (Å²) >= 11 is 0. The number of rotatable bonds is 6. The van der Waals surface area contributed by atoms with Crippen LogP contribution in [0.15, 0.2) is 54.7 Å². The highest BCUT2D eigenvalue weighted by atomic mass is 16.5. The summed E-state index contributed by atoms with van der Waals surface area (Å²) in [4.78, 5) is 6.82. The van der Waals surface area contributed by atoms with Gasteiger partial charge in [-0.3, -0.25) is 0 Å². The molecular formula is C20H22N6O2. The zero-order valence-electron chi connectivity index (χ0n) is 15.6. The number of nitrogens with one attached hydrogen (secondary N) is 2. The maximum atomic E-state index is 5.46. The molecule has 1 aliphatic rings. The van der Waals surface area contributed by atoms with E-state index in [0.717, 1.165) is 49.1 Å². The number of methoxy groups -OCH3 is 1. The van der Waals surface area contributed by atoms with E-state index in [4.69, 9.17) is 9.47 Å². The lowest BCUT2D eigenvalue weighted by atomic mass is 10.2. The standard InChI is InChI=1S/C20H22N6O2/c1-27-16-8-6-15(7-9-16)22-20-24-19(14-21-25-20)23-17-4-2-3-5-18(17)26-10-12-28-13-11-26/h2-9,14H,10-13H2,1H3,(H2,22,23,24,25). The molecule has 0 radical (unpaired) electrons. The van der Waals surface area contributed by atoms with Crippen molar-refractivity contribution in [3.63, 3.8) is 0 Å². The number of benzene rings is 2. The Morgan fingerprint density at radius 2 is 1.79 bits per heavy atom. The van der Waals surface area contributed by atoms with Crippen LogP contribution in [0.4, 0.5) is 28.8 Å². The summed E-state index contributed by atoms with van der Waals surface area (Å²) in [5.41, 5.74) is 2.95. The number of hydrogen-bond acceptors (Lipinski definition) is 8. The summed E-state index contributed by atoms with van der Waals surface area (Å²) in [6.07, 6.45) is 1.61. The third kappa shape index (κ3) is 4.29. The van der Waals surface area contributed by atoms with Crippen molar-refractivity contribution in [2.24, 2.45) is 0 Å². The van der Waals surface area contributed by atoms with Crippen molar-refractivity contribution in [3.8, 4) is 5.75 Å². The van der Waals surface area contributed by atoms with Crippen LogP contribution in [0.3, 0.4) is 0 Å². The molecule has 1 aliphatic heterocycles. The quantitative estimate of drug-likeness (QED) is 0.676. The van der Waals surface area contributed by atoms with Crippen LogP contribution in [-0.2, 0) is 4.74 Å². The van der Waals surface area contributed by atoms with Crippen molar-refractivity contribution >= 4 is 28.8 Å². The molecule has 2 N–H and O–H groups in total. The lowest BCUT2D eigenvalue weighted by Crippen LogP contribution is -2.36. The molecule has 0 aliphatic carbocycles. The van der Waals surface area contributed by atoms with E-state index in [9.17, 15) is 0 Å². The van der Waals surface area contributed by atoms with Gasteiger partial charge in [0.1, 0.15) is 5.75 Å². The molecule has 0 atom stereocenters. The lowest BCUT2D eigenvalue weighted by Gasteiger charge is -2.30. The summed E-state index contributed by atoms with van der Waals surface area (Å²) in [6.45, 7) is 3.20. The fraction of sp³-hybridized carbons (Fsp3) is 0.250. The van der Waals surface area contributed by atoms with Gasteiger partial charge in [0.2, 0.25) is 5.95 Å². The van der Waals surface area contributed by atoms with Gasteiger partial charge in [0.05, 0.1) is 37.9 Å². The molecule has 8 heteroatoms. The minimum atomic E-state index is 0.416. The SMILES string of the molecule is COc1ccc(Nc2nncc(Nc3ccccc3N3CCOCC3)n2)cc1. The van der Waals surface area contributed by atoms with Crippen molar-refractivity contribution in [3.05, 3.63) is 54.7 Å². The van der Waals surface area contributed by atoms with Crippen molar-refractivity contribution < 1.29 is 9.47 Å². The molecule has 2 aromatic carbocycles. The highest BCUT2D eigenvalue weighted by Gasteiger charge is 2.15. The fourth-order valence-corrected chi connectivity index (χ4v) is 3.02. The normalized spacial score (nSPS) is 13.8. The predicted octanol–water partition coefficient (Wildman–Crippen LogP) is 3.20. The molecule has 1 saturated heterocycles. The van der Waals surface area contributed by atoms with Crippen molar-refractivity contribution in [1.29, 1.82) is 0 Å². The second-order valence-electron chi connectivity index (χ2n) is 6.26. The van der Waals surface area contributed by atoms with Crippen LogP contribution in [0.2, 0.25) is 0 Å². The molecule has 4 rings (SSSR count). The topological polar surface area (TPSA) is 84.4 Å². The molecule has 1 aromatic heterocycles. The van der Waals surface area contributed by atoms with Gasteiger partial charge in [-0.05, 0) is 36.4 Å². The number of aromatic nitrogens is 3. The fourth-order valence-electron chi connectivity index (χ4n) is 3.02. The molecule has 1 fully saturated rings. The van der Waals surface area contributed by atoms with Gasteiger partial charge in [0, 0.05) is 18.8 Å². The van der Waals surface area contributed by atoms with E-state index >= 15 is 0 Å². The van der Waals surface area contributed by atoms with E-state index in [1.165, 1.54) is 0 Å². The van der Waals surface area contributed by atoms with E-state index in [0.29, 0.717) is 11.8 Å². The summed E-state index contributed by atoms with van der Waals surface area (Å²) in [6, 6.07) is 15.7. The molecule has 8 nitrogen and oxygen atoms in total. The molecule has 0 spiro atoms. The number of morpholine rings is 1. The second-order valence-corrected chi connectivity index (χ2v) is 6.26. The molecule has 0 bridgehead atoms. The predicted molar refractivity (Wildman–Crippen MR) is 109 cm³/mol. The first kappa shape index (κ1) is 18.0. The summed E-state index contributed by atoms with van der Waals surface area (Å²) in [5, 5.41) is 14.6. The first-order chi connectivity index (χ1) is 13.8. The van der Waals surface area contributed by atoms with Crippen LogP contribution >= 0.6 is 0 Å². The van der Waals surface area contributed by atoms with Gasteiger partial charge in [-0.2, -0.15) is 10.1 Å². The van der Waals surface area contributed by atoms with Gasteiger partial charge >= 0.3 is 0 Å². The maximum Gasteiger partial charge on any atom is 0.249 e. The van der Waals surface area contributed by atoms with Crippen LogP contribution in [0.5, 0.6) is 5.75 Å². The first-order valence-electron chi connectivity index (χ1n) is 9.11. The van der Waals surface area contributed by atoms with E-state index in [-0.39, 0.29) is 0 Å². The van der Waals surface area contributed by atoms with Gasteiger partial charge in [-0.25, -0.2) is 0 Å². The Hall–Kier alpha value is -3.39. The summed E-state index contributed by atoms with van der Waals surface area (Å²) in [5.74, 6) is 1.82. The lowest BCUT2D eigenvalue weighted by molar-refractivity contribution is 0.123. The molecule has 0 amide bonds. The zero-order chi connectivity index (χ0) is 19.2. The minimum absolute atomic E-state index is 0.416. The number of ether oxygens (including phenoxy) is 2. The van der Waals surface area contributed by atoms with Crippen molar-refractivity contribution in [1.82, 2.24) is 15.2 Å². The number of hydrogen-bond donors (Lipinski definition) is 2. The van der Waals surface area contributed by atoms with Crippen molar-refractivity contribution in [2.45, 2.75) is 0 Å². The van der Waals surface area contributed by atoms with Crippen LogP contribution in [-0.4, -0.2) is 48.6 Å². The highest BCUT2D eigenvalue weighted by Crippen LogP contribution is 2.28. The Balaban J connectivity index is 1.50. The Labute approximate surface area is 163 Å². The molecule has 0 unspecified atom stereocenters. The van der Waals surface area contributed by atoms with Crippen LogP contribution in [0, 0.1) is 0 Å². The first-order valence-corrected chi connectivity index (χ1v) is 9.11. The Kier molecular flexibility index (Phi) is 5.48. The van der Waals surface area contributed by atoms with Crippen LogP contribution in [0.1, 0.15) is 0 Å². The Morgan fingerprint density at radius 3 is 2.57 bits per heavy atom. The van der Waals surface area contributed by atoms with Gasteiger partial charge in [0.25, 0.3) is 0 Å². The number of para-hydroxylation sites is 2. The van der Waals surface area contributed by atoms with Gasteiger partial charge in [-0.1, -0.05) is 12.1 Å². The summed E-state index contributed by atoms with van der Waals surface area (Å²) in [7, 11) is 1.64. The zero-order valence-corrected chi connectivity index (χ0v) is 15.6. The highest BCUT2D eigenvalue weighted by molar-refractivity contribution is 5.74. The molecular weight excluding hydrogens is 356 g/mol. The third-order valence-electron chi connectivity index (χ3n) is 4.42. The summed E-state index contributed by atoms with van der Waals surface area (Å²) < 4.78 is 10.6. The molecule has 3 aromatic rings. The van der Waals surface area contributed by atoms with Gasteiger partial charge in [0.15, 0.2) is 5.82 Å². The van der Waals surface area contributed by atoms with Crippen LogP contribution < -0.4 is 20.3 Å². The van der Waals surface area contributed by atoms with E-state index in [2.05, 4.69) is 36.8 Å². The maximum absolute atomic E-state index is 5.46. The second kappa shape index (κ2) is 8.53. The smallest absolute Gasteiger partial charge is 0.249 e. The van der Waals surface area contributed by atoms with Gasteiger partial charge in [-0.15, -0.1) is 5.10 Å². The number of anilines is 5. The largest absolute Gasteiger partial charge is 0.497 e. The van der Waals surface area contributed by atoms with E-state index < -0.39 is 0 Å². The average molecular weight is 378 g/mol. The molecule has 28 heavy (non-hydrogen) atoms. The average Bonchev–Trinajstić information content (AvgIpc) is 2.76. The van der Waals surface area contributed by atoms with E-state index in [1.807, 2.05) is 42.5 Å². The molecule has 0 saturated carbocycles. The molecule has 2 heterocycles. The van der Waals surface area contributed by atoms with Crippen molar-refractivity contribution in [2.75, 3.05) is 48.9 Å². The minimum Gasteiger partial charge on any atom is -0.497 e. The van der Waals surface area contributed by atoms with E-state index in [1.54, 1.807) is 13.3 Å². The van der Waals surface area contributed by atoms with Crippen LogP contribution in [0.25, 0.3) is 0 Å².